The van der Waals surface area contributed by atoms with Crippen LogP contribution in [0.2, 0.25) is 0 Å². The van der Waals surface area contributed by atoms with E-state index in [1.54, 1.807) is 0 Å². The van der Waals surface area contributed by atoms with Crippen LogP contribution in [0.15, 0.2) is 24.4 Å². The lowest BCUT2D eigenvalue weighted by molar-refractivity contribution is -0.137. The lowest BCUT2D eigenvalue weighted by Gasteiger charge is -2.37. The number of rotatable bonds is 2. The second kappa shape index (κ2) is 5.75. The summed E-state index contributed by atoms with van der Waals surface area (Å²) in [7, 11) is 0. The Labute approximate surface area is 131 Å². The molecule has 8 heteroatoms. The van der Waals surface area contributed by atoms with Gasteiger partial charge in [0.25, 0.3) is 0 Å². The zero-order chi connectivity index (χ0) is 16.6. The Bertz CT molecular complexity index is 664. The number of hydrogen-bond acceptors (Lipinski definition) is 4. The van der Waals surface area contributed by atoms with Gasteiger partial charge in [0.1, 0.15) is 11.6 Å². The first-order valence-corrected chi connectivity index (χ1v) is 7.43. The number of H-pyrrole nitrogens is 1. The van der Waals surface area contributed by atoms with Gasteiger partial charge < -0.3 is 10.6 Å². The summed E-state index contributed by atoms with van der Waals surface area (Å²) >= 11 is 0. The van der Waals surface area contributed by atoms with Crippen molar-refractivity contribution in [2.45, 2.75) is 25.4 Å². The summed E-state index contributed by atoms with van der Waals surface area (Å²) in [6, 6.07) is 4.35. The highest BCUT2D eigenvalue weighted by atomic mass is 19.4. The van der Waals surface area contributed by atoms with Gasteiger partial charge in [-0.1, -0.05) is 6.92 Å². The molecule has 3 N–H and O–H groups in total. The number of hydrogen-bond donors (Lipinski definition) is 2. The monoisotopic (exact) mass is 325 g/mol. The van der Waals surface area contributed by atoms with E-state index in [0.717, 1.165) is 37.5 Å². The Morgan fingerprint density at radius 1 is 1.35 bits per heavy atom. The summed E-state index contributed by atoms with van der Waals surface area (Å²) in [5, 5.41) is 6.91. The molecule has 2 atom stereocenters. The van der Waals surface area contributed by atoms with Crippen molar-refractivity contribution in [3.63, 3.8) is 0 Å². The number of nitrogen functional groups attached to an aromatic ring is 1. The van der Waals surface area contributed by atoms with Crippen molar-refractivity contribution in [3.05, 3.63) is 35.7 Å². The maximum atomic E-state index is 12.6. The number of halogens is 3. The van der Waals surface area contributed by atoms with Crippen molar-refractivity contribution >= 4 is 11.6 Å². The average Bonchev–Trinajstić information content (AvgIpc) is 2.92. The second-order valence-electron chi connectivity index (χ2n) is 5.97. The van der Waals surface area contributed by atoms with E-state index in [1.807, 2.05) is 11.0 Å². The molecule has 5 nitrogen and oxygen atoms in total. The third kappa shape index (κ3) is 3.25. The quantitative estimate of drug-likeness (QED) is 0.890. The summed E-state index contributed by atoms with van der Waals surface area (Å²) in [6.07, 6.45) is -2.60. The molecule has 1 aliphatic heterocycles. The summed E-state index contributed by atoms with van der Waals surface area (Å²) in [4.78, 5) is 5.99. The molecule has 0 unspecified atom stereocenters. The van der Waals surface area contributed by atoms with Gasteiger partial charge in [0.15, 0.2) is 0 Å². The predicted octanol–water partition coefficient (Wildman–Crippen LogP) is 3.04. The molecule has 0 spiro atoms. The normalized spacial score (nSPS) is 22.3. The molecule has 0 aliphatic carbocycles. The van der Waals surface area contributed by atoms with Gasteiger partial charge in [-0.2, -0.15) is 18.3 Å². The van der Waals surface area contributed by atoms with Crippen LogP contribution in [0.3, 0.4) is 0 Å². The molecule has 124 valence electrons. The number of nitrogens with two attached hydrogens (primary N) is 1. The third-order valence-electron chi connectivity index (χ3n) is 4.32. The highest BCUT2D eigenvalue weighted by Gasteiger charge is 2.32. The van der Waals surface area contributed by atoms with E-state index in [-0.39, 0.29) is 0 Å². The van der Waals surface area contributed by atoms with Crippen LogP contribution in [0.5, 0.6) is 0 Å². The SMILES string of the molecule is C[C@H]1CN(c2ccc(C(F)(F)F)cn2)CC[C@H]1c1cc(N)n[nH]1. The Kier molecular flexibility index (Phi) is 3.91. The average molecular weight is 325 g/mol. The summed E-state index contributed by atoms with van der Waals surface area (Å²) in [6.45, 7) is 3.56. The fourth-order valence-corrected chi connectivity index (χ4v) is 3.10. The minimum atomic E-state index is -4.35. The van der Waals surface area contributed by atoms with Crippen LogP contribution in [-0.4, -0.2) is 28.3 Å². The van der Waals surface area contributed by atoms with Gasteiger partial charge >= 0.3 is 6.18 Å². The fourth-order valence-electron chi connectivity index (χ4n) is 3.10. The minimum Gasteiger partial charge on any atom is -0.382 e. The largest absolute Gasteiger partial charge is 0.417 e. The molecular weight excluding hydrogens is 307 g/mol. The number of aromatic amines is 1. The number of nitrogens with zero attached hydrogens (tertiary/aromatic N) is 3. The summed E-state index contributed by atoms with van der Waals surface area (Å²) < 4.78 is 37.8. The first-order valence-electron chi connectivity index (χ1n) is 7.43. The van der Waals surface area contributed by atoms with Crippen LogP contribution in [0.4, 0.5) is 24.8 Å². The van der Waals surface area contributed by atoms with Crippen LogP contribution in [-0.2, 0) is 6.18 Å². The van der Waals surface area contributed by atoms with E-state index in [1.165, 1.54) is 6.07 Å². The predicted molar refractivity (Wildman–Crippen MR) is 81.0 cm³/mol. The van der Waals surface area contributed by atoms with E-state index in [2.05, 4.69) is 22.1 Å². The smallest absolute Gasteiger partial charge is 0.382 e. The molecule has 0 bridgehead atoms. The highest BCUT2D eigenvalue weighted by molar-refractivity contribution is 5.41. The topological polar surface area (TPSA) is 70.8 Å². The molecule has 3 heterocycles. The van der Waals surface area contributed by atoms with Gasteiger partial charge in [0, 0.05) is 37.0 Å². The van der Waals surface area contributed by atoms with E-state index in [0.29, 0.717) is 23.5 Å². The lowest BCUT2D eigenvalue weighted by Crippen LogP contribution is -2.39. The van der Waals surface area contributed by atoms with Crippen LogP contribution in [0.1, 0.15) is 30.5 Å². The zero-order valence-corrected chi connectivity index (χ0v) is 12.6. The Hall–Kier alpha value is -2.25. The maximum Gasteiger partial charge on any atom is 0.417 e. The van der Waals surface area contributed by atoms with Crippen LogP contribution >= 0.6 is 0 Å². The molecule has 2 aromatic rings. The maximum absolute atomic E-state index is 12.6. The molecule has 1 saturated heterocycles. The summed E-state index contributed by atoms with van der Waals surface area (Å²) in [5.41, 5.74) is 5.93. The van der Waals surface area contributed by atoms with Crippen LogP contribution in [0.25, 0.3) is 0 Å². The third-order valence-corrected chi connectivity index (χ3v) is 4.32. The van der Waals surface area contributed by atoms with Crippen molar-refractivity contribution in [1.82, 2.24) is 15.2 Å². The Morgan fingerprint density at radius 3 is 2.65 bits per heavy atom. The Balaban J connectivity index is 1.70. The van der Waals surface area contributed by atoms with E-state index >= 15 is 0 Å². The highest BCUT2D eigenvalue weighted by Crippen LogP contribution is 2.34. The van der Waals surface area contributed by atoms with E-state index < -0.39 is 11.7 Å². The van der Waals surface area contributed by atoms with Gasteiger partial charge in [-0.3, -0.25) is 5.10 Å². The number of nitrogens with one attached hydrogen (secondary N) is 1. The fraction of sp³-hybridized carbons (Fsp3) is 0.467. The van der Waals surface area contributed by atoms with Gasteiger partial charge in [-0.05, 0) is 24.5 Å². The van der Waals surface area contributed by atoms with Crippen LogP contribution in [0, 0.1) is 5.92 Å². The molecule has 1 aliphatic rings. The Morgan fingerprint density at radius 2 is 2.13 bits per heavy atom. The van der Waals surface area contributed by atoms with Gasteiger partial charge in [-0.15, -0.1) is 0 Å². The van der Waals surface area contributed by atoms with Crippen LogP contribution < -0.4 is 10.6 Å². The second-order valence-corrected chi connectivity index (χ2v) is 5.97. The number of pyridine rings is 1. The van der Waals surface area contributed by atoms with Crippen molar-refractivity contribution in [3.8, 4) is 0 Å². The molecule has 0 amide bonds. The van der Waals surface area contributed by atoms with Gasteiger partial charge in [0.05, 0.1) is 5.56 Å². The number of alkyl halides is 3. The van der Waals surface area contributed by atoms with Gasteiger partial charge in [0.2, 0.25) is 0 Å². The molecule has 0 saturated carbocycles. The van der Waals surface area contributed by atoms with Gasteiger partial charge in [-0.25, -0.2) is 4.98 Å². The van der Waals surface area contributed by atoms with Crippen molar-refractivity contribution in [2.24, 2.45) is 5.92 Å². The molecule has 23 heavy (non-hydrogen) atoms. The number of piperidine rings is 1. The molecule has 2 aromatic heterocycles. The first kappa shape index (κ1) is 15.6. The first-order chi connectivity index (χ1) is 10.8. The number of aromatic nitrogens is 3. The molecular formula is C15H18F3N5. The molecule has 0 radical (unpaired) electrons. The van der Waals surface area contributed by atoms with E-state index in [9.17, 15) is 13.2 Å². The van der Waals surface area contributed by atoms with Crippen molar-refractivity contribution < 1.29 is 13.2 Å². The standard InChI is InChI=1S/C15H18F3N5/c1-9-8-23(5-4-11(9)12-6-13(19)22-21-12)14-3-2-10(7-20-14)15(16,17)18/h2-3,6-7,9,11H,4-5,8H2,1H3,(H3,19,21,22)/t9-,11+/m0/s1. The number of anilines is 2. The molecule has 3 rings (SSSR count). The van der Waals surface area contributed by atoms with E-state index in [4.69, 9.17) is 5.73 Å². The minimum absolute atomic E-state index is 0.311. The summed E-state index contributed by atoms with van der Waals surface area (Å²) in [5.74, 6) is 1.67. The molecule has 1 fully saturated rings. The zero-order valence-electron chi connectivity index (χ0n) is 12.6. The molecule has 0 aromatic carbocycles. The van der Waals surface area contributed by atoms with Crippen molar-refractivity contribution in [2.75, 3.05) is 23.7 Å². The lowest BCUT2D eigenvalue weighted by atomic mass is 9.84. The van der Waals surface area contributed by atoms with Crippen molar-refractivity contribution in [1.29, 1.82) is 0 Å².